The van der Waals surface area contributed by atoms with Crippen LogP contribution in [0.5, 0.6) is 0 Å². The summed E-state index contributed by atoms with van der Waals surface area (Å²) in [5.41, 5.74) is 1.15. The van der Waals surface area contributed by atoms with Gasteiger partial charge in [0.25, 0.3) is 0 Å². The molecule has 2 rings (SSSR count). The average molecular weight is 245 g/mol. The van der Waals surface area contributed by atoms with E-state index in [0.29, 0.717) is 12.1 Å². The number of aryl methyl sites for hydroxylation is 1. The highest BCUT2D eigenvalue weighted by Gasteiger charge is 2.30. The van der Waals surface area contributed by atoms with Crippen LogP contribution in [0.15, 0.2) is 42.6 Å². The molecule has 94 valence electrons. The molecule has 0 bridgehead atoms. The van der Waals surface area contributed by atoms with Crippen LogP contribution in [-0.4, -0.2) is 10.1 Å². The molecular weight excluding hydrogens is 229 g/mol. The van der Waals surface area contributed by atoms with Crippen molar-refractivity contribution < 1.29 is 9.50 Å². The smallest absolute Gasteiger partial charge is 0.141 e. The van der Waals surface area contributed by atoms with Crippen LogP contribution in [0.1, 0.15) is 30.2 Å². The number of hydrogen-bond donors (Lipinski definition) is 1. The predicted molar refractivity (Wildman–Crippen MR) is 68.7 cm³/mol. The number of aromatic nitrogens is 1. The second-order valence-corrected chi connectivity index (χ2v) is 4.44. The van der Waals surface area contributed by atoms with Crippen molar-refractivity contribution in [3.05, 3.63) is 65.2 Å². The van der Waals surface area contributed by atoms with Crippen molar-refractivity contribution >= 4 is 0 Å². The molecule has 1 unspecified atom stereocenters. The summed E-state index contributed by atoms with van der Waals surface area (Å²) < 4.78 is 12.9. The number of pyridine rings is 1. The Bertz CT molecular complexity index is 538. The van der Waals surface area contributed by atoms with Crippen molar-refractivity contribution in [3.63, 3.8) is 0 Å². The first kappa shape index (κ1) is 12.7. The Kier molecular flexibility index (Phi) is 3.43. The summed E-state index contributed by atoms with van der Waals surface area (Å²) in [7, 11) is 0. The molecule has 0 fully saturated rings. The topological polar surface area (TPSA) is 33.1 Å². The Morgan fingerprint density at radius 3 is 2.61 bits per heavy atom. The quantitative estimate of drug-likeness (QED) is 0.901. The lowest BCUT2D eigenvalue weighted by atomic mass is 9.87. The van der Waals surface area contributed by atoms with Crippen LogP contribution in [0.25, 0.3) is 0 Å². The van der Waals surface area contributed by atoms with Gasteiger partial charge >= 0.3 is 0 Å². The number of nitrogens with zero attached hydrogens (tertiary/aromatic N) is 1. The molecule has 0 saturated carbocycles. The first-order valence-corrected chi connectivity index (χ1v) is 5.98. The normalized spacial score (nSPS) is 14.2. The fourth-order valence-corrected chi connectivity index (χ4v) is 2.06. The lowest BCUT2D eigenvalue weighted by Crippen LogP contribution is -2.27. The minimum Gasteiger partial charge on any atom is -0.379 e. The molecule has 1 aromatic heterocycles. The maximum Gasteiger partial charge on any atom is 0.141 e. The minimum absolute atomic E-state index is 0.401. The van der Waals surface area contributed by atoms with E-state index in [2.05, 4.69) is 4.98 Å². The molecule has 0 amide bonds. The van der Waals surface area contributed by atoms with E-state index in [9.17, 15) is 9.50 Å². The van der Waals surface area contributed by atoms with Crippen LogP contribution in [0, 0.1) is 12.7 Å². The molecule has 1 heterocycles. The van der Waals surface area contributed by atoms with Gasteiger partial charge in [-0.3, -0.25) is 4.98 Å². The van der Waals surface area contributed by atoms with E-state index in [1.54, 1.807) is 0 Å². The van der Waals surface area contributed by atoms with Crippen LogP contribution in [-0.2, 0) is 5.60 Å². The average Bonchev–Trinajstić information content (AvgIpc) is 2.38. The number of rotatable bonds is 3. The highest BCUT2D eigenvalue weighted by Crippen LogP contribution is 2.31. The predicted octanol–water partition coefficient (Wildman–Crippen LogP) is 3.18. The van der Waals surface area contributed by atoms with Gasteiger partial charge in [0.1, 0.15) is 11.4 Å². The molecule has 0 radical (unpaired) electrons. The summed E-state index contributed by atoms with van der Waals surface area (Å²) >= 11 is 0. The zero-order valence-corrected chi connectivity index (χ0v) is 10.5. The van der Waals surface area contributed by atoms with Gasteiger partial charge in [-0.15, -0.1) is 0 Å². The molecule has 1 aromatic carbocycles. The Labute approximate surface area is 106 Å². The van der Waals surface area contributed by atoms with E-state index in [0.717, 1.165) is 17.3 Å². The van der Waals surface area contributed by atoms with Crippen molar-refractivity contribution in [2.24, 2.45) is 0 Å². The minimum atomic E-state index is -1.17. The number of aliphatic hydroxyl groups is 1. The van der Waals surface area contributed by atoms with Gasteiger partial charge in [-0.1, -0.05) is 36.8 Å². The van der Waals surface area contributed by atoms with Gasteiger partial charge < -0.3 is 5.11 Å². The van der Waals surface area contributed by atoms with Crippen molar-refractivity contribution in [2.45, 2.75) is 25.9 Å². The highest BCUT2D eigenvalue weighted by atomic mass is 19.1. The summed E-state index contributed by atoms with van der Waals surface area (Å²) in [4.78, 5) is 4.00. The number of halogens is 1. The fraction of sp³-hybridized carbons (Fsp3) is 0.267. The molecule has 0 aliphatic rings. The molecule has 1 N–H and O–H groups in total. The lowest BCUT2D eigenvalue weighted by Gasteiger charge is -2.27. The molecule has 0 spiro atoms. The van der Waals surface area contributed by atoms with Crippen LogP contribution < -0.4 is 0 Å². The Hall–Kier alpha value is -1.74. The largest absolute Gasteiger partial charge is 0.379 e. The fourth-order valence-electron chi connectivity index (χ4n) is 2.06. The molecule has 0 saturated heterocycles. The molecule has 2 aromatic rings. The van der Waals surface area contributed by atoms with Gasteiger partial charge in [-0.2, -0.15) is 0 Å². The van der Waals surface area contributed by atoms with Crippen LogP contribution in [0.2, 0.25) is 0 Å². The zero-order chi connectivity index (χ0) is 13.2. The van der Waals surface area contributed by atoms with Gasteiger partial charge in [-0.05, 0) is 31.0 Å². The Morgan fingerprint density at radius 2 is 2.06 bits per heavy atom. The van der Waals surface area contributed by atoms with E-state index >= 15 is 0 Å². The molecule has 2 nitrogen and oxygen atoms in total. The van der Waals surface area contributed by atoms with Crippen molar-refractivity contribution in [2.75, 3.05) is 0 Å². The Balaban J connectivity index is 2.51. The van der Waals surface area contributed by atoms with Crippen LogP contribution in [0.3, 0.4) is 0 Å². The second-order valence-electron chi connectivity index (χ2n) is 4.44. The van der Waals surface area contributed by atoms with Gasteiger partial charge in [0, 0.05) is 0 Å². The number of benzene rings is 1. The number of hydrogen-bond acceptors (Lipinski definition) is 2. The third-order valence-electron chi connectivity index (χ3n) is 3.16. The van der Waals surface area contributed by atoms with Crippen molar-refractivity contribution in [1.29, 1.82) is 0 Å². The van der Waals surface area contributed by atoms with Gasteiger partial charge in [0.2, 0.25) is 0 Å². The van der Waals surface area contributed by atoms with Gasteiger partial charge in [-0.25, -0.2) is 4.39 Å². The third-order valence-corrected chi connectivity index (χ3v) is 3.16. The highest BCUT2D eigenvalue weighted by molar-refractivity contribution is 5.34. The van der Waals surface area contributed by atoms with E-state index < -0.39 is 11.4 Å². The standard InChI is InChI=1S/C15H16FNO/c1-3-15(18,12-6-4-5-11(2)9-12)14-8-7-13(16)10-17-14/h4-10,18H,3H2,1-2H3. The molecule has 0 aliphatic carbocycles. The zero-order valence-electron chi connectivity index (χ0n) is 10.5. The molecule has 1 atom stereocenters. The van der Waals surface area contributed by atoms with Crippen molar-refractivity contribution in [3.8, 4) is 0 Å². The van der Waals surface area contributed by atoms with Gasteiger partial charge in [0.15, 0.2) is 0 Å². The summed E-state index contributed by atoms with van der Waals surface area (Å²) in [6.45, 7) is 3.85. The summed E-state index contributed by atoms with van der Waals surface area (Å²) in [6, 6.07) is 10.5. The van der Waals surface area contributed by atoms with E-state index in [1.807, 2.05) is 38.1 Å². The summed E-state index contributed by atoms with van der Waals surface area (Å²) in [6.07, 6.45) is 1.61. The Morgan fingerprint density at radius 1 is 1.28 bits per heavy atom. The van der Waals surface area contributed by atoms with Crippen molar-refractivity contribution in [1.82, 2.24) is 4.98 Å². The molecule has 18 heavy (non-hydrogen) atoms. The molecule has 0 aliphatic heterocycles. The van der Waals surface area contributed by atoms with E-state index in [1.165, 1.54) is 12.1 Å². The van der Waals surface area contributed by atoms with E-state index in [4.69, 9.17) is 0 Å². The summed E-state index contributed by atoms with van der Waals surface area (Å²) in [5.74, 6) is -0.401. The molecule has 3 heteroatoms. The van der Waals surface area contributed by atoms with Gasteiger partial charge in [0.05, 0.1) is 11.9 Å². The maximum absolute atomic E-state index is 12.9. The van der Waals surface area contributed by atoms with Crippen LogP contribution >= 0.6 is 0 Å². The SMILES string of the molecule is CCC(O)(c1cccc(C)c1)c1ccc(F)cn1. The first-order chi connectivity index (χ1) is 8.56. The lowest BCUT2D eigenvalue weighted by molar-refractivity contribution is 0.0717. The third kappa shape index (κ3) is 2.27. The monoisotopic (exact) mass is 245 g/mol. The second kappa shape index (κ2) is 4.86. The molecular formula is C15H16FNO. The first-order valence-electron chi connectivity index (χ1n) is 5.98. The maximum atomic E-state index is 12.9. The summed E-state index contributed by atoms with van der Waals surface area (Å²) in [5, 5.41) is 10.8. The van der Waals surface area contributed by atoms with Crippen LogP contribution in [0.4, 0.5) is 4.39 Å². The van der Waals surface area contributed by atoms with E-state index in [-0.39, 0.29) is 0 Å².